The molecule has 1 aromatic carbocycles. The van der Waals surface area contributed by atoms with Gasteiger partial charge in [0.1, 0.15) is 0 Å². The van der Waals surface area contributed by atoms with Gasteiger partial charge in [-0.15, -0.1) is 0 Å². The van der Waals surface area contributed by atoms with Gasteiger partial charge >= 0.3 is 0 Å². The highest BCUT2D eigenvalue weighted by atomic mass is 16.2. The van der Waals surface area contributed by atoms with Crippen molar-refractivity contribution in [2.24, 2.45) is 5.92 Å². The molecule has 1 aliphatic carbocycles. The predicted molar refractivity (Wildman–Crippen MR) is 100 cm³/mol. The van der Waals surface area contributed by atoms with Crippen LogP contribution >= 0.6 is 0 Å². The van der Waals surface area contributed by atoms with Gasteiger partial charge in [0.25, 0.3) is 0 Å². The van der Waals surface area contributed by atoms with Gasteiger partial charge in [-0.05, 0) is 50.2 Å². The number of rotatable bonds is 6. The molecule has 0 aromatic heterocycles. The van der Waals surface area contributed by atoms with Gasteiger partial charge in [0.15, 0.2) is 0 Å². The fraction of sp³-hybridized carbons (Fsp3) is 0.500. The molecule has 0 spiro atoms. The Kier molecular flexibility index (Phi) is 6.09. The van der Waals surface area contributed by atoms with E-state index in [4.69, 9.17) is 0 Å². The SMILES string of the molecule is O=C(C[C@H]1C=CCC1)Nc1ccccc1NCC(=O)N1CCCCC1. The van der Waals surface area contributed by atoms with Gasteiger partial charge in [-0.3, -0.25) is 9.59 Å². The minimum absolute atomic E-state index is 0.0214. The highest BCUT2D eigenvalue weighted by molar-refractivity contribution is 5.95. The third kappa shape index (κ3) is 5.08. The molecule has 1 heterocycles. The molecule has 1 fully saturated rings. The summed E-state index contributed by atoms with van der Waals surface area (Å²) in [6.07, 6.45) is 10.3. The zero-order valence-corrected chi connectivity index (χ0v) is 14.7. The highest BCUT2D eigenvalue weighted by Crippen LogP contribution is 2.24. The summed E-state index contributed by atoms with van der Waals surface area (Å²) in [6, 6.07) is 7.57. The van der Waals surface area contributed by atoms with Crippen LogP contribution < -0.4 is 10.6 Å². The summed E-state index contributed by atoms with van der Waals surface area (Å²) in [5.41, 5.74) is 1.53. The number of allylic oxidation sites excluding steroid dienone is 2. The summed E-state index contributed by atoms with van der Waals surface area (Å²) < 4.78 is 0. The van der Waals surface area contributed by atoms with Crippen molar-refractivity contribution in [3.05, 3.63) is 36.4 Å². The number of benzene rings is 1. The quantitative estimate of drug-likeness (QED) is 0.780. The van der Waals surface area contributed by atoms with Crippen LogP contribution in [0.25, 0.3) is 0 Å². The number of likely N-dealkylation sites (tertiary alicyclic amines) is 1. The van der Waals surface area contributed by atoms with Gasteiger partial charge < -0.3 is 15.5 Å². The van der Waals surface area contributed by atoms with Crippen LogP contribution in [0.1, 0.15) is 38.5 Å². The number of hydrogen-bond acceptors (Lipinski definition) is 3. The normalized spacial score (nSPS) is 19.7. The zero-order valence-electron chi connectivity index (χ0n) is 14.7. The third-order valence-corrected chi connectivity index (χ3v) is 4.90. The van der Waals surface area contributed by atoms with Crippen molar-refractivity contribution in [1.29, 1.82) is 0 Å². The van der Waals surface area contributed by atoms with Crippen LogP contribution in [0.5, 0.6) is 0 Å². The van der Waals surface area contributed by atoms with Crippen LogP contribution in [0.3, 0.4) is 0 Å². The number of para-hydroxylation sites is 2. The van der Waals surface area contributed by atoms with Crippen molar-refractivity contribution in [1.82, 2.24) is 4.90 Å². The van der Waals surface area contributed by atoms with Crippen molar-refractivity contribution in [2.45, 2.75) is 38.5 Å². The second-order valence-corrected chi connectivity index (χ2v) is 6.86. The third-order valence-electron chi connectivity index (χ3n) is 4.90. The first-order valence-corrected chi connectivity index (χ1v) is 9.29. The van der Waals surface area contributed by atoms with Crippen LogP contribution in [0.2, 0.25) is 0 Å². The van der Waals surface area contributed by atoms with Crippen LogP contribution in [-0.4, -0.2) is 36.3 Å². The van der Waals surface area contributed by atoms with E-state index in [1.807, 2.05) is 29.2 Å². The monoisotopic (exact) mass is 341 g/mol. The van der Waals surface area contributed by atoms with E-state index in [-0.39, 0.29) is 18.4 Å². The van der Waals surface area contributed by atoms with Crippen molar-refractivity contribution < 1.29 is 9.59 Å². The van der Waals surface area contributed by atoms with E-state index in [0.717, 1.165) is 50.1 Å². The fourth-order valence-corrected chi connectivity index (χ4v) is 3.48. The molecule has 2 N–H and O–H groups in total. The molecule has 5 heteroatoms. The molecule has 0 unspecified atom stereocenters. The van der Waals surface area contributed by atoms with Crippen molar-refractivity contribution in [3.63, 3.8) is 0 Å². The molecular weight excluding hydrogens is 314 g/mol. The maximum absolute atomic E-state index is 12.3. The van der Waals surface area contributed by atoms with E-state index >= 15 is 0 Å². The molecule has 0 saturated carbocycles. The lowest BCUT2D eigenvalue weighted by atomic mass is 10.0. The van der Waals surface area contributed by atoms with E-state index in [0.29, 0.717) is 12.3 Å². The van der Waals surface area contributed by atoms with E-state index in [2.05, 4.69) is 22.8 Å². The lowest BCUT2D eigenvalue weighted by Gasteiger charge is -2.27. The Morgan fingerprint density at radius 3 is 2.56 bits per heavy atom. The van der Waals surface area contributed by atoms with Crippen LogP contribution in [-0.2, 0) is 9.59 Å². The van der Waals surface area contributed by atoms with Gasteiger partial charge in [0.2, 0.25) is 11.8 Å². The van der Waals surface area contributed by atoms with Gasteiger partial charge in [0, 0.05) is 19.5 Å². The highest BCUT2D eigenvalue weighted by Gasteiger charge is 2.17. The first kappa shape index (κ1) is 17.5. The first-order valence-electron chi connectivity index (χ1n) is 9.29. The Labute approximate surface area is 149 Å². The number of anilines is 2. The summed E-state index contributed by atoms with van der Waals surface area (Å²) in [5, 5.41) is 6.17. The van der Waals surface area contributed by atoms with Gasteiger partial charge in [-0.2, -0.15) is 0 Å². The minimum atomic E-state index is 0.0214. The standard InChI is InChI=1S/C20H27N3O2/c24-19(14-16-8-2-3-9-16)22-18-11-5-4-10-17(18)21-15-20(25)23-12-6-1-7-13-23/h2,4-5,8,10-11,16,21H,1,3,6-7,9,12-15H2,(H,22,24)/t16-/m0/s1. The Bertz CT molecular complexity index is 636. The molecule has 0 bridgehead atoms. The van der Waals surface area contributed by atoms with Crippen molar-refractivity contribution in [3.8, 4) is 0 Å². The van der Waals surface area contributed by atoms with Crippen LogP contribution in [0.4, 0.5) is 11.4 Å². The number of amides is 2. The minimum Gasteiger partial charge on any atom is -0.374 e. The van der Waals surface area contributed by atoms with Gasteiger partial charge in [-0.1, -0.05) is 24.3 Å². The van der Waals surface area contributed by atoms with Crippen molar-refractivity contribution in [2.75, 3.05) is 30.3 Å². The smallest absolute Gasteiger partial charge is 0.241 e. The number of nitrogens with one attached hydrogen (secondary N) is 2. The topological polar surface area (TPSA) is 61.4 Å². The first-order chi connectivity index (χ1) is 12.2. The number of nitrogens with zero attached hydrogens (tertiary/aromatic N) is 1. The Morgan fingerprint density at radius 2 is 1.84 bits per heavy atom. The molecule has 25 heavy (non-hydrogen) atoms. The van der Waals surface area contributed by atoms with Crippen LogP contribution in [0.15, 0.2) is 36.4 Å². The number of carbonyl (C=O) groups is 2. The molecule has 0 radical (unpaired) electrons. The number of carbonyl (C=O) groups excluding carboxylic acids is 2. The van der Waals surface area contributed by atoms with Gasteiger partial charge in [-0.25, -0.2) is 0 Å². The maximum Gasteiger partial charge on any atom is 0.241 e. The second-order valence-electron chi connectivity index (χ2n) is 6.86. The molecule has 2 amide bonds. The van der Waals surface area contributed by atoms with Gasteiger partial charge in [0.05, 0.1) is 17.9 Å². The van der Waals surface area contributed by atoms with Crippen LogP contribution in [0, 0.1) is 5.92 Å². The van der Waals surface area contributed by atoms with E-state index in [9.17, 15) is 9.59 Å². The van der Waals surface area contributed by atoms with E-state index in [1.54, 1.807) is 0 Å². The molecule has 134 valence electrons. The summed E-state index contributed by atoms with van der Waals surface area (Å²) in [6.45, 7) is 1.97. The van der Waals surface area contributed by atoms with E-state index < -0.39 is 0 Å². The molecule has 1 aliphatic heterocycles. The predicted octanol–water partition coefficient (Wildman–Crippen LogP) is 3.41. The maximum atomic E-state index is 12.3. The fourth-order valence-electron chi connectivity index (χ4n) is 3.48. The number of piperidine rings is 1. The number of hydrogen-bond donors (Lipinski definition) is 2. The summed E-state index contributed by atoms with van der Waals surface area (Å²) in [4.78, 5) is 26.5. The lowest BCUT2D eigenvalue weighted by molar-refractivity contribution is -0.130. The Morgan fingerprint density at radius 1 is 1.08 bits per heavy atom. The molecule has 2 aliphatic rings. The second kappa shape index (κ2) is 8.70. The molecular formula is C20H27N3O2. The molecule has 3 rings (SSSR count). The molecule has 1 saturated heterocycles. The summed E-state index contributed by atoms with van der Waals surface area (Å²) in [5.74, 6) is 0.492. The van der Waals surface area contributed by atoms with Crippen molar-refractivity contribution >= 4 is 23.2 Å². The lowest BCUT2D eigenvalue weighted by Crippen LogP contribution is -2.39. The van der Waals surface area contributed by atoms with E-state index in [1.165, 1.54) is 6.42 Å². The zero-order chi connectivity index (χ0) is 17.5. The summed E-state index contributed by atoms with van der Waals surface area (Å²) >= 11 is 0. The molecule has 1 atom stereocenters. The summed E-state index contributed by atoms with van der Waals surface area (Å²) in [7, 11) is 0. The average molecular weight is 341 g/mol. The largest absolute Gasteiger partial charge is 0.374 e. The Hall–Kier alpha value is -2.30. The Balaban J connectivity index is 1.53. The average Bonchev–Trinajstić information content (AvgIpc) is 3.14. The molecule has 5 nitrogen and oxygen atoms in total. The molecule has 1 aromatic rings.